The van der Waals surface area contributed by atoms with Gasteiger partial charge in [0.15, 0.2) is 22.5 Å². The van der Waals surface area contributed by atoms with Crippen molar-refractivity contribution >= 4 is 29.9 Å². The van der Waals surface area contributed by atoms with Crippen LogP contribution >= 0.6 is 11.8 Å². The Morgan fingerprint density at radius 3 is 2.46 bits per heavy atom. The van der Waals surface area contributed by atoms with Crippen LogP contribution in [-0.4, -0.2) is 57.9 Å². The minimum absolute atomic E-state index is 0.00875. The van der Waals surface area contributed by atoms with Gasteiger partial charge in [-0.05, 0) is 36.4 Å². The van der Waals surface area contributed by atoms with Crippen molar-refractivity contribution in [3.05, 3.63) is 83.9 Å². The molecule has 0 atom stereocenters. The van der Waals surface area contributed by atoms with Crippen molar-refractivity contribution in [1.29, 1.82) is 0 Å². The molecule has 0 bridgehead atoms. The minimum Gasteiger partial charge on any atom is -0.493 e. The molecular formula is C26H23N5O5S. The highest BCUT2D eigenvalue weighted by molar-refractivity contribution is 7.99. The van der Waals surface area contributed by atoms with E-state index in [4.69, 9.17) is 9.47 Å². The Labute approximate surface area is 217 Å². The molecule has 0 aliphatic heterocycles. The van der Waals surface area contributed by atoms with E-state index in [9.17, 15) is 14.7 Å². The summed E-state index contributed by atoms with van der Waals surface area (Å²) >= 11 is 1.19. The lowest BCUT2D eigenvalue weighted by Crippen LogP contribution is -2.20. The molecule has 1 amide bonds. The van der Waals surface area contributed by atoms with Crippen molar-refractivity contribution in [2.75, 3.05) is 20.0 Å². The number of aromatic nitrogens is 3. The van der Waals surface area contributed by atoms with E-state index in [1.54, 1.807) is 38.5 Å². The van der Waals surface area contributed by atoms with Gasteiger partial charge in [0.2, 0.25) is 0 Å². The van der Waals surface area contributed by atoms with Gasteiger partial charge in [-0.15, -0.1) is 10.2 Å². The number of thioether (sulfide) groups is 1. The lowest BCUT2D eigenvalue weighted by molar-refractivity contribution is -0.118. The van der Waals surface area contributed by atoms with E-state index in [1.807, 2.05) is 47.0 Å². The van der Waals surface area contributed by atoms with Gasteiger partial charge in [0, 0.05) is 16.8 Å². The Kier molecular flexibility index (Phi) is 8.16. The highest BCUT2D eigenvalue weighted by Gasteiger charge is 2.19. The van der Waals surface area contributed by atoms with Crippen molar-refractivity contribution in [3.63, 3.8) is 0 Å². The fraction of sp³-hybridized carbons (Fsp3) is 0.115. The lowest BCUT2D eigenvalue weighted by Gasteiger charge is -2.12. The molecule has 0 aliphatic carbocycles. The van der Waals surface area contributed by atoms with Crippen LogP contribution in [0.15, 0.2) is 83.1 Å². The molecule has 1 aromatic heterocycles. The maximum atomic E-state index is 12.5. The summed E-state index contributed by atoms with van der Waals surface area (Å²) in [6, 6.07) is 21.4. The molecule has 0 saturated heterocycles. The summed E-state index contributed by atoms with van der Waals surface area (Å²) < 4.78 is 12.6. The molecule has 37 heavy (non-hydrogen) atoms. The summed E-state index contributed by atoms with van der Waals surface area (Å²) in [6.07, 6.45) is 1.30. The number of ether oxygens (including phenoxy) is 2. The van der Waals surface area contributed by atoms with E-state index in [2.05, 4.69) is 20.7 Å². The molecule has 0 aliphatic rings. The van der Waals surface area contributed by atoms with E-state index in [0.29, 0.717) is 28.0 Å². The average molecular weight is 518 g/mol. The summed E-state index contributed by atoms with van der Waals surface area (Å²) in [6.45, 7) is 0. The molecule has 0 fully saturated rings. The Hall–Kier alpha value is -4.64. The average Bonchev–Trinajstić information content (AvgIpc) is 3.36. The number of amides is 1. The first-order valence-electron chi connectivity index (χ1n) is 11.0. The Bertz CT molecular complexity index is 1440. The maximum absolute atomic E-state index is 12.5. The zero-order valence-corrected chi connectivity index (χ0v) is 20.8. The number of carbonyl (C=O) groups is 2. The summed E-state index contributed by atoms with van der Waals surface area (Å²) in [4.78, 5) is 23.8. The highest BCUT2D eigenvalue weighted by atomic mass is 32.2. The first-order chi connectivity index (χ1) is 18.0. The molecule has 4 aromatic rings. The van der Waals surface area contributed by atoms with Gasteiger partial charge in [0.1, 0.15) is 0 Å². The second-order valence-corrected chi connectivity index (χ2v) is 8.46. The van der Waals surface area contributed by atoms with Gasteiger partial charge in [-0.2, -0.15) is 5.10 Å². The van der Waals surface area contributed by atoms with Crippen molar-refractivity contribution in [3.8, 4) is 28.6 Å². The van der Waals surface area contributed by atoms with Gasteiger partial charge in [0.05, 0.1) is 31.8 Å². The first-order valence-corrected chi connectivity index (χ1v) is 12.0. The quantitative estimate of drug-likeness (QED) is 0.184. The van der Waals surface area contributed by atoms with E-state index in [-0.39, 0.29) is 17.2 Å². The van der Waals surface area contributed by atoms with Crippen LogP contribution in [0.25, 0.3) is 17.1 Å². The van der Waals surface area contributed by atoms with E-state index >= 15 is 0 Å². The second kappa shape index (κ2) is 11.9. The van der Waals surface area contributed by atoms with Gasteiger partial charge in [-0.3, -0.25) is 9.36 Å². The second-order valence-electron chi connectivity index (χ2n) is 7.52. The van der Waals surface area contributed by atoms with Crippen LogP contribution in [0.4, 0.5) is 0 Å². The molecular weight excluding hydrogens is 494 g/mol. The summed E-state index contributed by atoms with van der Waals surface area (Å²) in [5.74, 6) is 0.264. The number of carboxylic acid groups (broad SMARTS) is 1. The number of carbonyl (C=O) groups excluding carboxylic acids is 1. The summed E-state index contributed by atoms with van der Waals surface area (Å²) in [5.41, 5.74) is 4.47. The number of hydrogen-bond donors (Lipinski definition) is 2. The van der Waals surface area contributed by atoms with Crippen LogP contribution in [0.2, 0.25) is 0 Å². The zero-order valence-electron chi connectivity index (χ0n) is 20.0. The third kappa shape index (κ3) is 5.96. The largest absolute Gasteiger partial charge is 0.493 e. The number of hydrogen-bond acceptors (Lipinski definition) is 8. The fourth-order valence-corrected chi connectivity index (χ4v) is 4.22. The smallest absolute Gasteiger partial charge is 0.336 e. The number of methoxy groups -OCH3 is 2. The Balaban J connectivity index is 1.54. The molecule has 2 N–H and O–H groups in total. The number of hydrazone groups is 1. The van der Waals surface area contributed by atoms with Gasteiger partial charge >= 0.3 is 5.97 Å². The SMILES string of the molecule is COc1ccc(-c2nnc(SCC(=O)N/N=C/c3ccccc3C(=O)O)n2-c2ccccc2)cc1OC. The number of aromatic carboxylic acids is 1. The van der Waals surface area contributed by atoms with Gasteiger partial charge < -0.3 is 14.6 Å². The predicted molar refractivity (Wildman–Crippen MR) is 140 cm³/mol. The van der Waals surface area contributed by atoms with Gasteiger partial charge in [-0.25, -0.2) is 10.2 Å². The zero-order chi connectivity index (χ0) is 26.2. The molecule has 1 heterocycles. The predicted octanol–water partition coefficient (Wildman–Crippen LogP) is 3.89. The summed E-state index contributed by atoms with van der Waals surface area (Å²) in [7, 11) is 3.13. The van der Waals surface area contributed by atoms with Crippen LogP contribution in [0.1, 0.15) is 15.9 Å². The van der Waals surface area contributed by atoms with E-state index in [1.165, 1.54) is 24.0 Å². The molecule has 4 rings (SSSR count). The Morgan fingerprint density at radius 2 is 1.73 bits per heavy atom. The third-order valence-corrected chi connectivity index (χ3v) is 6.13. The topological polar surface area (TPSA) is 128 Å². The normalized spacial score (nSPS) is 10.9. The number of para-hydroxylation sites is 1. The number of nitrogens with zero attached hydrogens (tertiary/aromatic N) is 4. The van der Waals surface area contributed by atoms with E-state index in [0.717, 1.165) is 11.3 Å². The van der Waals surface area contributed by atoms with E-state index < -0.39 is 5.97 Å². The van der Waals surface area contributed by atoms with Crippen molar-refractivity contribution in [2.24, 2.45) is 5.10 Å². The molecule has 10 nitrogen and oxygen atoms in total. The molecule has 0 saturated carbocycles. The monoisotopic (exact) mass is 517 g/mol. The standard InChI is InChI=1S/C26H23N5O5S/c1-35-21-13-12-17(14-22(21)36-2)24-29-30-26(31(24)19-9-4-3-5-10-19)37-16-23(32)28-27-15-18-8-6-7-11-20(18)25(33)34/h3-15H,16H2,1-2H3,(H,28,32)(H,33,34)/b27-15+. The third-order valence-electron chi connectivity index (χ3n) is 5.21. The van der Waals surface area contributed by atoms with Crippen molar-refractivity contribution < 1.29 is 24.2 Å². The molecule has 3 aromatic carbocycles. The molecule has 188 valence electrons. The van der Waals surface area contributed by atoms with Crippen LogP contribution in [0.5, 0.6) is 11.5 Å². The number of nitrogens with one attached hydrogen (secondary N) is 1. The Morgan fingerprint density at radius 1 is 1.00 bits per heavy atom. The van der Waals surface area contributed by atoms with Crippen LogP contribution in [0, 0.1) is 0 Å². The highest BCUT2D eigenvalue weighted by Crippen LogP contribution is 2.34. The molecule has 11 heteroatoms. The van der Waals surface area contributed by atoms with Crippen LogP contribution in [0.3, 0.4) is 0 Å². The minimum atomic E-state index is -1.07. The summed E-state index contributed by atoms with van der Waals surface area (Å²) in [5, 5.41) is 22.4. The fourth-order valence-electron chi connectivity index (χ4n) is 3.48. The first kappa shape index (κ1) is 25.5. The van der Waals surface area contributed by atoms with Crippen molar-refractivity contribution in [1.82, 2.24) is 20.2 Å². The van der Waals surface area contributed by atoms with Gasteiger partial charge in [-0.1, -0.05) is 48.2 Å². The maximum Gasteiger partial charge on any atom is 0.336 e. The lowest BCUT2D eigenvalue weighted by atomic mass is 10.1. The molecule has 0 unspecified atom stereocenters. The van der Waals surface area contributed by atoms with Crippen molar-refractivity contribution in [2.45, 2.75) is 5.16 Å². The molecule has 0 spiro atoms. The number of rotatable bonds is 10. The van der Waals surface area contributed by atoms with Crippen LogP contribution < -0.4 is 14.9 Å². The number of carboxylic acids is 1. The van der Waals surface area contributed by atoms with Gasteiger partial charge in [0.25, 0.3) is 5.91 Å². The number of benzene rings is 3. The van der Waals surface area contributed by atoms with Crippen LogP contribution in [-0.2, 0) is 4.79 Å². The molecule has 0 radical (unpaired) electrons.